The van der Waals surface area contributed by atoms with Crippen molar-refractivity contribution in [3.63, 3.8) is 0 Å². The van der Waals surface area contributed by atoms with Gasteiger partial charge >= 0.3 is 6.01 Å². The van der Waals surface area contributed by atoms with Crippen LogP contribution in [-0.2, 0) is 4.79 Å². The van der Waals surface area contributed by atoms with Crippen LogP contribution in [0, 0.1) is 0 Å². The van der Waals surface area contributed by atoms with Gasteiger partial charge in [-0.15, -0.1) is 5.10 Å². The lowest BCUT2D eigenvalue weighted by Crippen LogP contribution is -2.10. The van der Waals surface area contributed by atoms with Crippen molar-refractivity contribution in [3.05, 3.63) is 28.2 Å². The first-order valence-corrected chi connectivity index (χ1v) is 6.44. The van der Waals surface area contributed by atoms with Crippen molar-refractivity contribution < 1.29 is 9.21 Å². The van der Waals surface area contributed by atoms with Crippen LogP contribution in [0.3, 0.4) is 0 Å². The van der Waals surface area contributed by atoms with Crippen LogP contribution in [0.1, 0.15) is 19.8 Å². The molecule has 7 heteroatoms. The van der Waals surface area contributed by atoms with Gasteiger partial charge in [-0.1, -0.05) is 35.2 Å². The van der Waals surface area contributed by atoms with Crippen LogP contribution in [0.25, 0.3) is 11.5 Å². The molecule has 0 fully saturated rings. The molecule has 0 bridgehead atoms. The van der Waals surface area contributed by atoms with Crippen LogP contribution in [0.5, 0.6) is 0 Å². The molecule has 0 aliphatic heterocycles. The summed E-state index contributed by atoms with van der Waals surface area (Å²) in [7, 11) is 0. The molecule has 0 atom stereocenters. The summed E-state index contributed by atoms with van der Waals surface area (Å²) >= 11 is 11.8. The van der Waals surface area contributed by atoms with Gasteiger partial charge in [0.1, 0.15) is 0 Å². The van der Waals surface area contributed by atoms with E-state index in [4.69, 9.17) is 27.6 Å². The fraction of sp³-hybridized carbons (Fsp3) is 0.250. The van der Waals surface area contributed by atoms with Gasteiger partial charge in [0.25, 0.3) is 0 Å². The highest BCUT2D eigenvalue weighted by atomic mass is 35.5. The zero-order valence-electron chi connectivity index (χ0n) is 10.1. The first kappa shape index (κ1) is 13.8. The number of nitrogens with one attached hydrogen (secondary N) is 1. The monoisotopic (exact) mass is 299 g/mol. The highest BCUT2D eigenvalue weighted by Gasteiger charge is 2.11. The van der Waals surface area contributed by atoms with Crippen molar-refractivity contribution in [3.8, 4) is 11.5 Å². The molecule has 1 N–H and O–H groups in total. The predicted molar refractivity (Wildman–Crippen MR) is 73.3 cm³/mol. The van der Waals surface area contributed by atoms with Gasteiger partial charge in [0.2, 0.25) is 11.8 Å². The van der Waals surface area contributed by atoms with Gasteiger partial charge in [-0.05, 0) is 24.6 Å². The van der Waals surface area contributed by atoms with Gasteiger partial charge in [0.15, 0.2) is 0 Å². The van der Waals surface area contributed by atoms with Gasteiger partial charge in [-0.2, -0.15) is 0 Å². The van der Waals surface area contributed by atoms with Gasteiger partial charge in [-0.25, -0.2) is 0 Å². The maximum absolute atomic E-state index is 11.4. The number of carbonyl (C=O) groups is 1. The minimum absolute atomic E-state index is 0.0598. The molecule has 1 aromatic carbocycles. The Morgan fingerprint density at radius 3 is 2.58 bits per heavy atom. The van der Waals surface area contributed by atoms with Crippen molar-refractivity contribution in [2.45, 2.75) is 19.8 Å². The summed E-state index contributed by atoms with van der Waals surface area (Å²) in [6, 6.07) is 4.97. The zero-order chi connectivity index (χ0) is 13.8. The Bertz CT molecular complexity index is 578. The molecule has 1 aromatic heterocycles. The summed E-state index contributed by atoms with van der Waals surface area (Å²) in [5.74, 6) is 0.0815. The smallest absolute Gasteiger partial charge is 0.322 e. The second-order valence-corrected chi connectivity index (χ2v) is 4.74. The molecule has 100 valence electrons. The third kappa shape index (κ3) is 3.68. The minimum Gasteiger partial charge on any atom is -0.403 e. The second kappa shape index (κ2) is 6.04. The third-order valence-electron chi connectivity index (χ3n) is 2.26. The number of benzene rings is 1. The van der Waals surface area contributed by atoms with E-state index in [1.165, 1.54) is 0 Å². The standard InChI is InChI=1S/C12H11Cl2N3O2/c1-2-3-10(18)15-12-17-16-11(19-12)7-4-8(13)6-9(14)5-7/h4-6H,2-3H2,1H3,(H,15,17,18). The van der Waals surface area contributed by atoms with Crippen LogP contribution in [-0.4, -0.2) is 16.1 Å². The average Bonchev–Trinajstić information content (AvgIpc) is 2.76. The van der Waals surface area contributed by atoms with Crippen molar-refractivity contribution in [1.29, 1.82) is 0 Å². The van der Waals surface area contributed by atoms with E-state index in [0.717, 1.165) is 6.42 Å². The molecule has 0 aliphatic carbocycles. The summed E-state index contributed by atoms with van der Waals surface area (Å²) in [6.45, 7) is 1.91. The second-order valence-electron chi connectivity index (χ2n) is 3.87. The largest absolute Gasteiger partial charge is 0.403 e. The number of nitrogens with zero attached hydrogens (tertiary/aromatic N) is 2. The number of hydrogen-bond donors (Lipinski definition) is 1. The van der Waals surface area contributed by atoms with E-state index in [0.29, 0.717) is 22.0 Å². The third-order valence-corrected chi connectivity index (χ3v) is 2.69. The highest BCUT2D eigenvalue weighted by Crippen LogP contribution is 2.27. The summed E-state index contributed by atoms with van der Waals surface area (Å²) < 4.78 is 5.33. The summed E-state index contributed by atoms with van der Waals surface area (Å²) in [5.41, 5.74) is 0.598. The van der Waals surface area contributed by atoms with E-state index in [9.17, 15) is 4.79 Å². The van der Waals surface area contributed by atoms with Crippen LogP contribution >= 0.6 is 23.2 Å². The lowest BCUT2D eigenvalue weighted by molar-refractivity contribution is -0.116. The zero-order valence-corrected chi connectivity index (χ0v) is 11.6. The highest BCUT2D eigenvalue weighted by molar-refractivity contribution is 6.35. The SMILES string of the molecule is CCCC(=O)Nc1nnc(-c2cc(Cl)cc(Cl)c2)o1. The average molecular weight is 300 g/mol. The number of rotatable bonds is 4. The summed E-state index contributed by atoms with van der Waals surface area (Å²) in [6.07, 6.45) is 1.15. The van der Waals surface area contributed by atoms with E-state index in [1.54, 1.807) is 18.2 Å². The van der Waals surface area contributed by atoms with Crippen LogP contribution in [0.15, 0.2) is 22.6 Å². The van der Waals surface area contributed by atoms with E-state index in [-0.39, 0.29) is 17.8 Å². The number of hydrogen-bond acceptors (Lipinski definition) is 4. The normalized spacial score (nSPS) is 10.5. The molecule has 0 saturated carbocycles. The Kier molecular flexibility index (Phi) is 4.39. The first-order chi connectivity index (χ1) is 9.08. The van der Waals surface area contributed by atoms with E-state index in [1.807, 2.05) is 6.92 Å². The summed E-state index contributed by atoms with van der Waals surface area (Å²) in [5, 5.41) is 11.0. The van der Waals surface area contributed by atoms with Crippen LogP contribution < -0.4 is 5.32 Å². The van der Waals surface area contributed by atoms with Gasteiger partial charge < -0.3 is 4.42 Å². The lowest BCUT2D eigenvalue weighted by Gasteiger charge is -1.98. The van der Waals surface area contributed by atoms with Crippen LogP contribution in [0.2, 0.25) is 10.0 Å². The van der Waals surface area contributed by atoms with Crippen molar-refractivity contribution in [2.24, 2.45) is 0 Å². The van der Waals surface area contributed by atoms with Gasteiger partial charge in [-0.3, -0.25) is 10.1 Å². The van der Waals surface area contributed by atoms with Gasteiger partial charge in [0.05, 0.1) is 0 Å². The fourth-order valence-electron chi connectivity index (χ4n) is 1.48. The van der Waals surface area contributed by atoms with E-state index < -0.39 is 0 Å². The molecular weight excluding hydrogens is 289 g/mol. The molecule has 0 spiro atoms. The number of halogens is 2. The molecule has 0 saturated heterocycles. The Hall–Kier alpha value is -1.59. The molecule has 19 heavy (non-hydrogen) atoms. The Labute approximate surface area is 119 Å². The maximum Gasteiger partial charge on any atom is 0.322 e. The van der Waals surface area contributed by atoms with E-state index >= 15 is 0 Å². The Morgan fingerprint density at radius 1 is 1.26 bits per heavy atom. The molecule has 5 nitrogen and oxygen atoms in total. The molecular formula is C12H11Cl2N3O2. The quantitative estimate of drug-likeness (QED) is 0.933. The number of anilines is 1. The predicted octanol–water partition coefficient (Wildman–Crippen LogP) is 3.78. The van der Waals surface area contributed by atoms with Crippen LogP contribution in [0.4, 0.5) is 6.01 Å². The molecule has 0 unspecified atom stereocenters. The van der Waals surface area contributed by atoms with Gasteiger partial charge in [0, 0.05) is 22.0 Å². The molecule has 0 radical (unpaired) electrons. The fourth-order valence-corrected chi connectivity index (χ4v) is 2.00. The van der Waals surface area contributed by atoms with Crippen molar-refractivity contribution in [2.75, 3.05) is 5.32 Å². The maximum atomic E-state index is 11.4. The first-order valence-electron chi connectivity index (χ1n) is 5.68. The molecule has 1 heterocycles. The number of aromatic nitrogens is 2. The Balaban J connectivity index is 2.18. The molecule has 0 aliphatic rings. The Morgan fingerprint density at radius 2 is 1.95 bits per heavy atom. The molecule has 1 amide bonds. The summed E-state index contributed by atoms with van der Waals surface area (Å²) in [4.78, 5) is 11.4. The minimum atomic E-state index is -0.165. The van der Waals surface area contributed by atoms with Crippen molar-refractivity contribution in [1.82, 2.24) is 10.2 Å². The molecule has 2 rings (SSSR count). The van der Waals surface area contributed by atoms with E-state index in [2.05, 4.69) is 15.5 Å². The number of carbonyl (C=O) groups excluding carboxylic acids is 1. The topological polar surface area (TPSA) is 68.0 Å². The van der Waals surface area contributed by atoms with Crippen molar-refractivity contribution >= 4 is 35.1 Å². The molecule has 2 aromatic rings. The number of amides is 1. The lowest BCUT2D eigenvalue weighted by atomic mass is 10.2.